The van der Waals surface area contributed by atoms with Crippen LogP contribution in [0.2, 0.25) is 0 Å². The maximum atomic E-state index is 11.9. The Labute approximate surface area is 157 Å². The van der Waals surface area contributed by atoms with Gasteiger partial charge in [0.25, 0.3) is 5.69 Å². The van der Waals surface area contributed by atoms with Crippen LogP contribution >= 0.6 is 0 Å². The first-order chi connectivity index (χ1) is 13.0. The topological polar surface area (TPSA) is 98.5 Å². The average Bonchev–Trinajstić information content (AvgIpc) is 2.72. The van der Waals surface area contributed by atoms with Gasteiger partial charge in [0.05, 0.1) is 18.0 Å². The van der Waals surface area contributed by atoms with Crippen molar-refractivity contribution in [2.75, 3.05) is 25.1 Å². The summed E-state index contributed by atoms with van der Waals surface area (Å²) >= 11 is 0. The van der Waals surface area contributed by atoms with Gasteiger partial charge in [0.1, 0.15) is 5.82 Å². The fraction of sp³-hybridized carbons (Fsp3) is 0.421. The molecule has 142 valence electrons. The molecule has 2 aromatic rings. The SMILES string of the molecule is CCc1cc(N2CCC[C@@H](C(=O)OC)C2)nc(-c2ccc([N+](=O)[O-])cc2)n1. The minimum Gasteiger partial charge on any atom is -0.469 e. The maximum absolute atomic E-state index is 11.9. The number of rotatable bonds is 5. The van der Waals surface area contributed by atoms with Crippen LogP contribution in [-0.4, -0.2) is 41.1 Å². The average molecular weight is 370 g/mol. The first-order valence-electron chi connectivity index (χ1n) is 8.97. The molecule has 0 N–H and O–H groups in total. The van der Waals surface area contributed by atoms with Crippen molar-refractivity contribution in [3.8, 4) is 11.4 Å². The molecule has 0 saturated carbocycles. The summed E-state index contributed by atoms with van der Waals surface area (Å²) < 4.78 is 4.89. The van der Waals surface area contributed by atoms with Gasteiger partial charge in [-0.3, -0.25) is 14.9 Å². The number of aromatic nitrogens is 2. The number of methoxy groups -OCH3 is 1. The van der Waals surface area contributed by atoms with E-state index in [1.807, 2.05) is 13.0 Å². The van der Waals surface area contributed by atoms with Gasteiger partial charge in [-0.05, 0) is 31.4 Å². The predicted molar refractivity (Wildman–Crippen MR) is 100 cm³/mol. The van der Waals surface area contributed by atoms with Gasteiger partial charge in [-0.15, -0.1) is 0 Å². The number of piperidine rings is 1. The van der Waals surface area contributed by atoms with E-state index in [0.717, 1.165) is 42.9 Å². The molecule has 0 aliphatic carbocycles. The summed E-state index contributed by atoms with van der Waals surface area (Å²) in [6, 6.07) is 8.15. The second-order valence-electron chi connectivity index (χ2n) is 6.51. The molecule has 1 aromatic carbocycles. The van der Waals surface area contributed by atoms with Gasteiger partial charge in [0.2, 0.25) is 0 Å². The Morgan fingerprint density at radius 2 is 2.07 bits per heavy atom. The monoisotopic (exact) mass is 370 g/mol. The number of nitrogens with zero attached hydrogens (tertiary/aromatic N) is 4. The van der Waals surface area contributed by atoms with E-state index in [9.17, 15) is 14.9 Å². The zero-order chi connectivity index (χ0) is 19.4. The van der Waals surface area contributed by atoms with Gasteiger partial charge >= 0.3 is 5.97 Å². The molecule has 27 heavy (non-hydrogen) atoms. The van der Waals surface area contributed by atoms with Crippen molar-refractivity contribution in [3.63, 3.8) is 0 Å². The van der Waals surface area contributed by atoms with Crippen molar-refractivity contribution < 1.29 is 14.5 Å². The number of nitro groups is 1. The summed E-state index contributed by atoms with van der Waals surface area (Å²) in [6.07, 6.45) is 2.44. The summed E-state index contributed by atoms with van der Waals surface area (Å²) in [5.41, 5.74) is 1.63. The normalized spacial score (nSPS) is 16.8. The van der Waals surface area contributed by atoms with Gasteiger partial charge in [0.15, 0.2) is 5.82 Å². The van der Waals surface area contributed by atoms with Crippen LogP contribution in [-0.2, 0) is 16.0 Å². The fourth-order valence-electron chi connectivity index (χ4n) is 3.23. The van der Waals surface area contributed by atoms with Crippen molar-refractivity contribution in [2.24, 2.45) is 5.92 Å². The lowest BCUT2D eigenvalue weighted by Gasteiger charge is -2.32. The van der Waals surface area contributed by atoms with Crippen LogP contribution in [0.25, 0.3) is 11.4 Å². The molecule has 2 heterocycles. The van der Waals surface area contributed by atoms with Crippen LogP contribution in [0.4, 0.5) is 11.5 Å². The molecule has 8 heteroatoms. The molecular weight excluding hydrogens is 348 g/mol. The van der Waals surface area contributed by atoms with Crippen LogP contribution in [0.5, 0.6) is 0 Å². The van der Waals surface area contributed by atoms with E-state index in [1.165, 1.54) is 19.2 Å². The van der Waals surface area contributed by atoms with Gasteiger partial charge in [-0.2, -0.15) is 0 Å². The molecule has 1 aromatic heterocycles. The van der Waals surface area contributed by atoms with Crippen LogP contribution < -0.4 is 4.90 Å². The lowest BCUT2D eigenvalue weighted by molar-refractivity contribution is -0.384. The second-order valence-corrected chi connectivity index (χ2v) is 6.51. The Kier molecular flexibility index (Phi) is 5.63. The number of hydrogen-bond acceptors (Lipinski definition) is 7. The summed E-state index contributed by atoms with van der Waals surface area (Å²) in [5, 5.41) is 10.9. The number of anilines is 1. The quantitative estimate of drug-likeness (QED) is 0.453. The van der Waals surface area contributed by atoms with Crippen LogP contribution in [0.15, 0.2) is 30.3 Å². The van der Waals surface area contributed by atoms with Crippen LogP contribution in [0.3, 0.4) is 0 Å². The highest BCUT2D eigenvalue weighted by molar-refractivity contribution is 5.73. The summed E-state index contributed by atoms with van der Waals surface area (Å²) in [5.74, 6) is 0.940. The Balaban J connectivity index is 1.91. The Hall–Kier alpha value is -3.03. The largest absolute Gasteiger partial charge is 0.469 e. The van der Waals surface area contributed by atoms with Crippen LogP contribution in [0, 0.1) is 16.0 Å². The van der Waals surface area contributed by atoms with Gasteiger partial charge in [0, 0.05) is 42.5 Å². The Morgan fingerprint density at radius 1 is 1.33 bits per heavy atom. The third-order valence-corrected chi connectivity index (χ3v) is 4.74. The molecule has 0 radical (unpaired) electrons. The smallest absolute Gasteiger partial charge is 0.310 e. The van der Waals surface area contributed by atoms with Gasteiger partial charge in [-0.1, -0.05) is 6.92 Å². The molecule has 0 unspecified atom stereocenters. The number of carbonyl (C=O) groups excluding carboxylic acids is 1. The number of esters is 1. The first-order valence-corrected chi connectivity index (χ1v) is 8.97. The number of carbonyl (C=O) groups is 1. The molecule has 1 atom stereocenters. The van der Waals surface area contributed by atoms with Crippen molar-refractivity contribution in [1.29, 1.82) is 0 Å². The zero-order valence-electron chi connectivity index (χ0n) is 15.4. The molecule has 1 fully saturated rings. The molecule has 3 rings (SSSR count). The second kappa shape index (κ2) is 8.11. The molecule has 8 nitrogen and oxygen atoms in total. The molecule has 0 amide bonds. The molecular formula is C19H22N4O4. The standard InChI is InChI=1S/C19H22N4O4/c1-3-15-11-17(22-10-4-5-14(12-22)19(24)27-2)21-18(20-15)13-6-8-16(9-7-13)23(25)26/h6-9,11,14H,3-5,10,12H2,1-2H3/t14-/m1/s1. The highest BCUT2D eigenvalue weighted by Gasteiger charge is 2.27. The van der Waals surface area contributed by atoms with E-state index in [1.54, 1.807) is 12.1 Å². The third kappa shape index (κ3) is 4.21. The summed E-state index contributed by atoms with van der Waals surface area (Å²) in [4.78, 5) is 33.6. The first kappa shape index (κ1) is 18.8. The Bertz CT molecular complexity index is 838. The lowest BCUT2D eigenvalue weighted by atomic mass is 9.98. The van der Waals surface area contributed by atoms with Crippen molar-refractivity contribution in [2.45, 2.75) is 26.2 Å². The van der Waals surface area contributed by atoms with E-state index in [2.05, 4.69) is 14.9 Å². The number of benzene rings is 1. The lowest BCUT2D eigenvalue weighted by Crippen LogP contribution is -2.39. The van der Waals surface area contributed by atoms with Gasteiger partial charge < -0.3 is 9.64 Å². The maximum Gasteiger partial charge on any atom is 0.310 e. The third-order valence-electron chi connectivity index (χ3n) is 4.74. The van der Waals surface area contributed by atoms with E-state index >= 15 is 0 Å². The van der Waals surface area contributed by atoms with Crippen molar-refractivity contribution in [3.05, 3.63) is 46.1 Å². The van der Waals surface area contributed by atoms with Crippen molar-refractivity contribution in [1.82, 2.24) is 9.97 Å². The highest BCUT2D eigenvalue weighted by Crippen LogP contribution is 2.26. The number of non-ortho nitro benzene ring substituents is 1. The van der Waals surface area contributed by atoms with Gasteiger partial charge in [-0.25, -0.2) is 9.97 Å². The number of nitro benzene ring substituents is 1. The molecule has 0 spiro atoms. The van der Waals surface area contributed by atoms with Crippen LogP contribution in [0.1, 0.15) is 25.5 Å². The van der Waals surface area contributed by atoms with E-state index in [4.69, 9.17) is 4.74 Å². The predicted octanol–water partition coefficient (Wildman–Crippen LogP) is 3.00. The molecule has 1 saturated heterocycles. The molecule has 1 aliphatic rings. The highest BCUT2D eigenvalue weighted by atomic mass is 16.6. The van der Waals surface area contributed by atoms with E-state index < -0.39 is 4.92 Å². The van der Waals surface area contributed by atoms with Crippen molar-refractivity contribution >= 4 is 17.5 Å². The minimum absolute atomic E-state index is 0.0302. The zero-order valence-corrected chi connectivity index (χ0v) is 15.4. The molecule has 0 bridgehead atoms. The summed E-state index contributed by atoms with van der Waals surface area (Å²) in [6.45, 7) is 3.39. The summed E-state index contributed by atoms with van der Waals surface area (Å²) in [7, 11) is 1.41. The Morgan fingerprint density at radius 3 is 2.70 bits per heavy atom. The number of hydrogen-bond donors (Lipinski definition) is 0. The van der Waals surface area contributed by atoms with E-state index in [0.29, 0.717) is 12.4 Å². The fourth-order valence-corrected chi connectivity index (χ4v) is 3.23. The van der Waals surface area contributed by atoms with E-state index in [-0.39, 0.29) is 17.6 Å². The number of ether oxygens (including phenoxy) is 1. The number of aryl methyl sites for hydroxylation is 1. The minimum atomic E-state index is -0.431. The molecule has 1 aliphatic heterocycles.